The van der Waals surface area contributed by atoms with Crippen molar-refractivity contribution in [2.75, 3.05) is 19.9 Å². The fraction of sp³-hybridized carbons (Fsp3) is 0.381. The maximum absolute atomic E-state index is 12.5. The van der Waals surface area contributed by atoms with Gasteiger partial charge in [-0.25, -0.2) is 4.98 Å². The van der Waals surface area contributed by atoms with Gasteiger partial charge in [-0.1, -0.05) is 6.07 Å². The third-order valence-corrected chi connectivity index (χ3v) is 4.80. The largest absolute Gasteiger partial charge is 0.474 e. The van der Waals surface area contributed by atoms with E-state index < -0.39 is 0 Å². The molecule has 0 spiro atoms. The summed E-state index contributed by atoms with van der Waals surface area (Å²) < 4.78 is 16.6. The summed E-state index contributed by atoms with van der Waals surface area (Å²) in [5.41, 5.74) is 1.80. The summed E-state index contributed by atoms with van der Waals surface area (Å²) in [6, 6.07) is 7.48. The number of piperidine rings is 1. The first kappa shape index (κ1) is 18.3. The predicted octanol–water partition coefficient (Wildman–Crippen LogP) is 2.91. The molecule has 0 aliphatic carbocycles. The van der Waals surface area contributed by atoms with Crippen molar-refractivity contribution in [1.29, 1.82) is 0 Å². The molecular weight excluding hydrogens is 358 g/mol. The Kier molecular flexibility index (Phi) is 5.14. The van der Waals surface area contributed by atoms with Crippen LogP contribution in [0.3, 0.4) is 0 Å². The van der Waals surface area contributed by atoms with E-state index in [4.69, 9.17) is 14.2 Å². The van der Waals surface area contributed by atoms with E-state index in [1.807, 2.05) is 43.0 Å². The Morgan fingerprint density at radius 1 is 1.14 bits per heavy atom. The zero-order valence-corrected chi connectivity index (χ0v) is 16.1. The van der Waals surface area contributed by atoms with Crippen LogP contribution in [0.25, 0.3) is 6.08 Å². The van der Waals surface area contributed by atoms with Crippen LogP contribution in [0.1, 0.15) is 29.9 Å². The Bertz CT molecular complexity index is 884. The molecule has 0 bridgehead atoms. The number of nitrogens with zero attached hydrogens (tertiary/aromatic N) is 3. The second-order valence-corrected chi connectivity index (χ2v) is 6.98. The van der Waals surface area contributed by atoms with Gasteiger partial charge in [0.25, 0.3) is 0 Å². The van der Waals surface area contributed by atoms with Crippen molar-refractivity contribution in [3.8, 4) is 17.4 Å². The molecule has 0 radical (unpaired) electrons. The number of likely N-dealkylation sites (tertiary alicyclic amines) is 1. The number of carbonyl (C=O) groups is 1. The van der Waals surface area contributed by atoms with Gasteiger partial charge >= 0.3 is 0 Å². The molecule has 1 aromatic carbocycles. The van der Waals surface area contributed by atoms with Crippen molar-refractivity contribution < 1.29 is 19.0 Å². The van der Waals surface area contributed by atoms with E-state index in [9.17, 15) is 4.79 Å². The molecule has 7 nitrogen and oxygen atoms in total. The van der Waals surface area contributed by atoms with E-state index >= 15 is 0 Å². The smallest absolute Gasteiger partial charge is 0.246 e. The van der Waals surface area contributed by atoms with Crippen molar-refractivity contribution in [2.24, 2.45) is 0 Å². The molecular formula is C21H23N3O4. The van der Waals surface area contributed by atoms with Gasteiger partial charge in [0.2, 0.25) is 18.6 Å². The van der Waals surface area contributed by atoms with Crippen molar-refractivity contribution in [3.63, 3.8) is 0 Å². The Morgan fingerprint density at radius 3 is 2.71 bits per heavy atom. The van der Waals surface area contributed by atoms with Gasteiger partial charge in [-0.05, 0) is 37.6 Å². The van der Waals surface area contributed by atoms with Crippen LogP contribution >= 0.6 is 0 Å². The van der Waals surface area contributed by atoms with E-state index in [1.54, 1.807) is 12.2 Å². The second kappa shape index (κ2) is 7.88. The molecule has 1 aromatic heterocycles. The van der Waals surface area contributed by atoms with Crippen LogP contribution < -0.4 is 14.2 Å². The molecule has 28 heavy (non-hydrogen) atoms. The van der Waals surface area contributed by atoms with E-state index in [-0.39, 0.29) is 18.8 Å². The maximum atomic E-state index is 12.5. The van der Waals surface area contributed by atoms with Gasteiger partial charge in [-0.3, -0.25) is 4.79 Å². The standard InChI is InChI=1S/C21H23N3O4/c1-14-11-20(23-15(2)22-14)28-17-7-9-24(10-8-17)21(25)6-4-16-3-5-18-19(12-16)27-13-26-18/h3-6,11-12,17H,7-10,13H2,1-2H3/b6-4+. The van der Waals surface area contributed by atoms with Crippen LogP contribution in [0, 0.1) is 13.8 Å². The topological polar surface area (TPSA) is 73.8 Å². The highest BCUT2D eigenvalue weighted by Crippen LogP contribution is 2.32. The maximum Gasteiger partial charge on any atom is 0.246 e. The Labute approximate surface area is 164 Å². The van der Waals surface area contributed by atoms with Crippen LogP contribution in [0.15, 0.2) is 30.3 Å². The van der Waals surface area contributed by atoms with E-state index in [2.05, 4.69) is 9.97 Å². The molecule has 4 rings (SSSR count). The Hall–Kier alpha value is -3.09. The summed E-state index contributed by atoms with van der Waals surface area (Å²) in [7, 11) is 0. The zero-order valence-electron chi connectivity index (χ0n) is 16.1. The van der Waals surface area contributed by atoms with Crippen molar-refractivity contribution >= 4 is 12.0 Å². The van der Waals surface area contributed by atoms with Gasteiger partial charge in [-0.15, -0.1) is 0 Å². The summed E-state index contributed by atoms with van der Waals surface area (Å²) in [6.07, 6.45) is 5.04. The van der Waals surface area contributed by atoms with E-state index in [0.29, 0.717) is 30.5 Å². The molecule has 0 N–H and O–H groups in total. The normalized spacial score (nSPS) is 16.6. The highest BCUT2D eigenvalue weighted by Gasteiger charge is 2.23. The molecule has 1 saturated heterocycles. The highest BCUT2D eigenvalue weighted by molar-refractivity contribution is 5.92. The van der Waals surface area contributed by atoms with Crippen LogP contribution in [0.2, 0.25) is 0 Å². The SMILES string of the molecule is Cc1cc(OC2CCN(C(=O)/C=C/c3ccc4c(c3)OCO4)CC2)nc(C)n1. The van der Waals surface area contributed by atoms with Gasteiger partial charge < -0.3 is 19.1 Å². The highest BCUT2D eigenvalue weighted by atomic mass is 16.7. The minimum atomic E-state index is 0.00448. The summed E-state index contributed by atoms with van der Waals surface area (Å²) in [4.78, 5) is 22.9. The predicted molar refractivity (Wildman–Crippen MR) is 103 cm³/mol. The molecule has 0 saturated carbocycles. The molecule has 1 amide bonds. The average molecular weight is 381 g/mol. The van der Waals surface area contributed by atoms with Gasteiger partial charge in [0, 0.05) is 43.8 Å². The average Bonchev–Trinajstić information content (AvgIpc) is 3.14. The van der Waals surface area contributed by atoms with Crippen molar-refractivity contribution in [1.82, 2.24) is 14.9 Å². The lowest BCUT2D eigenvalue weighted by atomic mass is 10.1. The number of aromatic nitrogens is 2. The van der Waals surface area contributed by atoms with Crippen LogP contribution in [0.5, 0.6) is 17.4 Å². The Morgan fingerprint density at radius 2 is 1.93 bits per heavy atom. The molecule has 3 heterocycles. The van der Waals surface area contributed by atoms with Gasteiger partial charge in [0.05, 0.1) is 0 Å². The molecule has 146 valence electrons. The third kappa shape index (κ3) is 4.24. The third-order valence-electron chi connectivity index (χ3n) is 4.80. The van der Waals surface area contributed by atoms with Crippen molar-refractivity contribution in [2.45, 2.75) is 32.8 Å². The first-order chi connectivity index (χ1) is 13.6. The number of carbonyl (C=O) groups excluding carboxylic acids is 1. The van der Waals surface area contributed by atoms with Crippen molar-refractivity contribution in [3.05, 3.63) is 47.4 Å². The molecule has 7 heteroatoms. The first-order valence-corrected chi connectivity index (χ1v) is 9.42. The minimum absolute atomic E-state index is 0.00448. The summed E-state index contributed by atoms with van der Waals surface area (Å²) in [5.74, 6) is 2.76. The number of hydrogen-bond donors (Lipinski definition) is 0. The first-order valence-electron chi connectivity index (χ1n) is 9.42. The molecule has 0 unspecified atom stereocenters. The molecule has 0 atom stereocenters. The molecule has 2 aliphatic rings. The minimum Gasteiger partial charge on any atom is -0.474 e. The number of hydrogen-bond acceptors (Lipinski definition) is 6. The molecule has 1 fully saturated rings. The fourth-order valence-corrected chi connectivity index (χ4v) is 3.40. The van der Waals surface area contributed by atoms with Gasteiger partial charge in [0.1, 0.15) is 11.9 Å². The van der Waals surface area contributed by atoms with Gasteiger partial charge in [-0.2, -0.15) is 4.98 Å². The second-order valence-electron chi connectivity index (χ2n) is 6.98. The lowest BCUT2D eigenvalue weighted by Crippen LogP contribution is -2.41. The number of ether oxygens (including phenoxy) is 3. The summed E-state index contributed by atoms with van der Waals surface area (Å²) in [5, 5.41) is 0. The molecule has 2 aliphatic heterocycles. The summed E-state index contributed by atoms with van der Waals surface area (Å²) in [6.45, 7) is 5.35. The number of amides is 1. The van der Waals surface area contributed by atoms with E-state index in [1.165, 1.54) is 0 Å². The summed E-state index contributed by atoms with van der Waals surface area (Å²) >= 11 is 0. The van der Waals surface area contributed by atoms with Crippen LogP contribution in [-0.4, -0.2) is 46.8 Å². The number of rotatable bonds is 4. The fourth-order valence-electron chi connectivity index (χ4n) is 3.40. The number of fused-ring (bicyclic) bond motifs is 1. The number of benzene rings is 1. The number of aryl methyl sites for hydroxylation is 2. The lowest BCUT2D eigenvalue weighted by molar-refractivity contribution is -0.127. The molecule has 2 aromatic rings. The van der Waals surface area contributed by atoms with E-state index in [0.717, 1.165) is 29.8 Å². The Balaban J connectivity index is 1.30. The monoisotopic (exact) mass is 381 g/mol. The zero-order chi connectivity index (χ0) is 19.5. The van der Waals surface area contributed by atoms with Crippen LogP contribution in [0.4, 0.5) is 0 Å². The van der Waals surface area contributed by atoms with Gasteiger partial charge in [0.15, 0.2) is 11.5 Å². The lowest BCUT2D eigenvalue weighted by Gasteiger charge is -2.31. The quantitative estimate of drug-likeness (QED) is 0.758. The van der Waals surface area contributed by atoms with Crippen LogP contribution in [-0.2, 0) is 4.79 Å².